The Morgan fingerprint density at radius 1 is 1.29 bits per heavy atom. The van der Waals surface area contributed by atoms with E-state index < -0.39 is 0 Å². The molecule has 1 aliphatic carbocycles. The smallest absolute Gasteiger partial charge is 0.148 e. The lowest BCUT2D eigenvalue weighted by Crippen LogP contribution is -2.19. The summed E-state index contributed by atoms with van der Waals surface area (Å²) in [4.78, 5) is 0. The first-order chi connectivity index (χ1) is 10.1. The molecule has 21 heavy (non-hydrogen) atoms. The van der Waals surface area contributed by atoms with Crippen LogP contribution in [-0.4, -0.2) is 12.6 Å². The molecule has 0 spiro atoms. The van der Waals surface area contributed by atoms with Crippen LogP contribution in [0.1, 0.15) is 38.7 Å². The van der Waals surface area contributed by atoms with Gasteiger partial charge in [0.1, 0.15) is 11.9 Å². The highest BCUT2D eigenvalue weighted by molar-refractivity contribution is 9.11. The minimum absolute atomic E-state index is 0.191. The average molecular weight is 417 g/mol. The van der Waals surface area contributed by atoms with Crippen LogP contribution in [0.5, 0.6) is 5.75 Å². The second-order valence-electron chi connectivity index (χ2n) is 5.93. The van der Waals surface area contributed by atoms with Crippen molar-refractivity contribution in [2.75, 3.05) is 6.54 Å². The molecule has 1 unspecified atom stereocenters. The Balaban J connectivity index is 2.02. The van der Waals surface area contributed by atoms with Gasteiger partial charge in [0.2, 0.25) is 0 Å². The van der Waals surface area contributed by atoms with Gasteiger partial charge in [-0.15, -0.1) is 0 Å². The molecule has 0 bridgehead atoms. The van der Waals surface area contributed by atoms with Crippen molar-refractivity contribution in [3.05, 3.63) is 38.8 Å². The summed E-state index contributed by atoms with van der Waals surface area (Å²) in [6.07, 6.45) is 8.03. The van der Waals surface area contributed by atoms with Crippen LogP contribution in [0.3, 0.4) is 0 Å². The highest BCUT2D eigenvalue weighted by atomic mass is 79.9. The number of halogens is 2. The first kappa shape index (κ1) is 17.0. The maximum Gasteiger partial charge on any atom is 0.148 e. The van der Waals surface area contributed by atoms with Gasteiger partial charge in [-0.05, 0) is 87.4 Å². The van der Waals surface area contributed by atoms with E-state index in [0.717, 1.165) is 34.2 Å². The lowest BCUT2D eigenvalue weighted by atomic mass is 10.1. The summed E-state index contributed by atoms with van der Waals surface area (Å²) < 4.78 is 8.14. The average Bonchev–Trinajstić information content (AvgIpc) is 2.44. The highest BCUT2D eigenvalue weighted by Crippen LogP contribution is 2.36. The third-order valence-corrected chi connectivity index (χ3v) is 4.60. The molecule has 116 valence electrons. The number of benzene rings is 1. The van der Waals surface area contributed by atoms with Gasteiger partial charge in [-0.3, -0.25) is 0 Å². The van der Waals surface area contributed by atoms with Crippen molar-refractivity contribution >= 4 is 31.9 Å². The van der Waals surface area contributed by atoms with E-state index >= 15 is 0 Å². The fraction of sp³-hybridized carbons (Fsp3) is 0.529. The summed E-state index contributed by atoms with van der Waals surface area (Å²) >= 11 is 7.28. The molecule has 1 aliphatic rings. The molecular formula is C17H23Br2NO. The summed E-state index contributed by atoms with van der Waals surface area (Å²) in [5, 5.41) is 3.46. The molecule has 1 atom stereocenters. The third kappa shape index (κ3) is 5.42. The molecule has 0 amide bonds. The predicted molar refractivity (Wildman–Crippen MR) is 95.8 cm³/mol. The number of rotatable bonds is 6. The van der Waals surface area contributed by atoms with Crippen molar-refractivity contribution in [1.82, 2.24) is 5.32 Å². The third-order valence-electron chi connectivity index (χ3n) is 3.42. The molecule has 0 aliphatic heterocycles. The molecule has 0 saturated carbocycles. The van der Waals surface area contributed by atoms with Crippen molar-refractivity contribution in [3.63, 3.8) is 0 Å². The Morgan fingerprint density at radius 3 is 2.57 bits per heavy atom. The number of allylic oxidation sites excluding steroid dienone is 1. The SMILES string of the molecule is CC(C)CNCc1cc(Br)c(OC2C=CCCC2)c(Br)c1. The van der Waals surface area contributed by atoms with Gasteiger partial charge in [-0.25, -0.2) is 0 Å². The zero-order chi connectivity index (χ0) is 15.2. The molecular weight excluding hydrogens is 394 g/mol. The Bertz CT molecular complexity index is 477. The molecule has 2 nitrogen and oxygen atoms in total. The lowest BCUT2D eigenvalue weighted by Gasteiger charge is -2.21. The van der Waals surface area contributed by atoms with Gasteiger partial charge >= 0.3 is 0 Å². The van der Waals surface area contributed by atoms with Gasteiger partial charge in [0.05, 0.1) is 8.95 Å². The van der Waals surface area contributed by atoms with Crippen molar-refractivity contribution < 1.29 is 4.74 Å². The Morgan fingerprint density at radius 2 is 2.00 bits per heavy atom. The van der Waals surface area contributed by atoms with Gasteiger partial charge in [-0.2, -0.15) is 0 Å². The Labute approximate surface area is 144 Å². The number of hydrogen-bond donors (Lipinski definition) is 1. The van der Waals surface area contributed by atoms with Crippen molar-refractivity contribution in [3.8, 4) is 5.75 Å². The second-order valence-corrected chi connectivity index (χ2v) is 7.64. The van der Waals surface area contributed by atoms with Crippen LogP contribution in [-0.2, 0) is 6.54 Å². The summed E-state index contributed by atoms with van der Waals surface area (Å²) in [6.45, 7) is 6.33. The maximum atomic E-state index is 6.11. The van der Waals surface area contributed by atoms with Crippen LogP contribution in [0, 0.1) is 5.92 Å². The van der Waals surface area contributed by atoms with E-state index in [0.29, 0.717) is 5.92 Å². The summed E-state index contributed by atoms with van der Waals surface area (Å²) in [6, 6.07) is 4.28. The minimum atomic E-state index is 0.191. The van der Waals surface area contributed by atoms with E-state index in [4.69, 9.17) is 4.74 Å². The Kier molecular flexibility index (Phi) is 6.77. The maximum absolute atomic E-state index is 6.11. The molecule has 1 N–H and O–H groups in total. The monoisotopic (exact) mass is 415 g/mol. The number of hydrogen-bond acceptors (Lipinski definition) is 2. The summed E-state index contributed by atoms with van der Waals surface area (Å²) in [5.41, 5.74) is 1.25. The van der Waals surface area contributed by atoms with Crippen LogP contribution < -0.4 is 10.1 Å². The molecule has 1 aromatic carbocycles. The van der Waals surface area contributed by atoms with E-state index in [9.17, 15) is 0 Å². The molecule has 0 heterocycles. The van der Waals surface area contributed by atoms with Crippen LogP contribution >= 0.6 is 31.9 Å². The van der Waals surface area contributed by atoms with Crippen LogP contribution in [0.15, 0.2) is 33.2 Å². The second kappa shape index (κ2) is 8.35. The van der Waals surface area contributed by atoms with E-state index in [1.54, 1.807) is 0 Å². The fourth-order valence-electron chi connectivity index (χ4n) is 2.36. The zero-order valence-corrected chi connectivity index (χ0v) is 15.8. The topological polar surface area (TPSA) is 21.3 Å². The van der Waals surface area contributed by atoms with Gasteiger partial charge in [0, 0.05) is 6.54 Å². The van der Waals surface area contributed by atoms with Crippen LogP contribution in [0.25, 0.3) is 0 Å². The van der Waals surface area contributed by atoms with E-state index in [-0.39, 0.29) is 6.10 Å². The summed E-state index contributed by atoms with van der Waals surface area (Å²) in [7, 11) is 0. The van der Waals surface area contributed by atoms with E-state index in [1.807, 2.05) is 0 Å². The highest BCUT2D eigenvalue weighted by Gasteiger charge is 2.15. The molecule has 0 saturated heterocycles. The number of nitrogens with one attached hydrogen (secondary N) is 1. The molecule has 0 radical (unpaired) electrons. The fourth-order valence-corrected chi connectivity index (χ4v) is 3.83. The minimum Gasteiger partial charge on any atom is -0.484 e. The van der Waals surface area contributed by atoms with Crippen molar-refractivity contribution in [1.29, 1.82) is 0 Å². The van der Waals surface area contributed by atoms with E-state index in [1.165, 1.54) is 18.4 Å². The molecule has 1 aromatic rings. The van der Waals surface area contributed by atoms with Gasteiger partial charge < -0.3 is 10.1 Å². The normalized spacial score (nSPS) is 18.2. The number of ether oxygens (including phenoxy) is 1. The largest absolute Gasteiger partial charge is 0.484 e. The quantitative estimate of drug-likeness (QED) is 0.623. The van der Waals surface area contributed by atoms with Crippen LogP contribution in [0.4, 0.5) is 0 Å². The molecule has 4 heteroatoms. The van der Waals surface area contributed by atoms with Gasteiger partial charge in [0.25, 0.3) is 0 Å². The lowest BCUT2D eigenvalue weighted by molar-refractivity contribution is 0.227. The predicted octanol–water partition coefficient (Wildman–Crippen LogP) is 5.44. The Hall–Kier alpha value is -0.320. The summed E-state index contributed by atoms with van der Waals surface area (Å²) in [5.74, 6) is 1.57. The molecule has 0 aromatic heterocycles. The molecule has 0 fully saturated rings. The first-order valence-electron chi connectivity index (χ1n) is 7.58. The van der Waals surface area contributed by atoms with Gasteiger partial charge in [0.15, 0.2) is 0 Å². The van der Waals surface area contributed by atoms with E-state index in [2.05, 4.69) is 75.3 Å². The first-order valence-corrected chi connectivity index (χ1v) is 9.17. The van der Waals surface area contributed by atoms with Gasteiger partial charge in [-0.1, -0.05) is 19.9 Å². The standard InChI is InChI=1S/C17H23Br2NO/c1-12(2)10-20-11-13-8-15(18)17(16(19)9-13)21-14-6-4-3-5-7-14/h4,6,8-9,12,14,20H,3,5,7,10-11H2,1-2H3. The van der Waals surface area contributed by atoms with Crippen LogP contribution in [0.2, 0.25) is 0 Å². The van der Waals surface area contributed by atoms with Crippen molar-refractivity contribution in [2.24, 2.45) is 5.92 Å². The van der Waals surface area contributed by atoms with Crippen molar-refractivity contribution in [2.45, 2.75) is 45.8 Å². The zero-order valence-electron chi connectivity index (χ0n) is 12.7. The molecule has 2 rings (SSSR count).